The third-order valence-corrected chi connectivity index (χ3v) is 4.86. The van der Waals surface area contributed by atoms with Crippen molar-refractivity contribution in [2.24, 2.45) is 11.5 Å². The molecule has 0 aliphatic heterocycles. The highest BCUT2D eigenvalue weighted by Crippen LogP contribution is 2.24. The van der Waals surface area contributed by atoms with Crippen LogP contribution in [0.25, 0.3) is 17.2 Å². The van der Waals surface area contributed by atoms with Crippen LogP contribution in [0.2, 0.25) is 0 Å². The van der Waals surface area contributed by atoms with Gasteiger partial charge in [-0.2, -0.15) is 9.97 Å². The summed E-state index contributed by atoms with van der Waals surface area (Å²) in [5.74, 6) is -1.56. The number of nitrogens with one attached hydrogen (secondary N) is 1. The highest BCUT2D eigenvalue weighted by molar-refractivity contribution is 6.58. The number of anilines is 1. The number of benzene rings is 1. The molecule has 3 heterocycles. The van der Waals surface area contributed by atoms with Crippen molar-refractivity contribution >= 4 is 36.0 Å². The summed E-state index contributed by atoms with van der Waals surface area (Å²) in [6.07, 6.45) is 1.67. The number of primary amides is 2. The molecule has 166 valence electrons. The number of aryl methyl sites for hydroxylation is 1. The molecule has 4 aromatic rings. The number of nitrogens with two attached hydrogens (primary N) is 2. The SMILES string of the molecule is Cc1nc2c(C(N)=O)cccn2c1-c1nc(NCc2cccc(B(O)O)c2)nc(C(N)=O)n1. The van der Waals surface area contributed by atoms with Gasteiger partial charge in [0, 0.05) is 12.7 Å². The van der Waals surface area contributed by atoms with Crippen molar-refractivity contribution in [3.63, 3.8) is 0 Å². The molecule has 4 rings (SSSR count). The van der Waals surface area contributed by atoms with E-state index in [-0.39, 0.29) is 29.7 Å². The average Bonchev–Trinajstić information content (AvgIpc) is 3.13. The van der Waals surface area contributed by atoms with Crippen molar-refractivity contribution in [3.05, 3.63) is 65.2 Å². The van der Waals surface area contributed by atoms with Crippen LogP contribution >= 0.6 is 0 Å². The first-order chi connectivity index (χ1) is 15.7. The van der Waals surface area contributed by atoms with E-state index in [1.165, 1.54) is 0 Å². The summed E-state index contributed by atoms with van der Waals surface area (Å²) in [5, 5.41) is 21.7. The number of aromatic nitrogens is 5. The number of nitrogens with zero attached hydrogens (tertiary/aromatic N) is 5. The maximum absolute atomic E-state index is 11.9. The normalized spacial score (nSPS) is 10.9. The first-order valence-corrected chi connectivity index (χ1v) is 9.77. The third kappa shape index (κ3) is 4.35. The molecule has 7 N–H and O–H groups in total. The van der Waals surface area contributed by atoms with Gasteiger partial charge in [0.1, 0.15) is 11.3 Å². The molecule has 0 saturated carbocycles. The number of fused-ring (bicyclic) bond motifs is 1. The number of amides is 2. The van der Waals surface area contributed by atoms with Gasteiger partial charge in [-0.3, -0.25) is 14.0 Å². The molecule has 13 heteroatoms. The maximum Gasteiger partial charge on any atom is 0.488 e. The molecule has 0 fully saturated rings. The summed E-state index contributed by atoms with van der Waals surface area (Å²) in [6, 6.07) is 9.83. The Kier molecular flexibility index (Phi) is 5.73. The molecule has 0 aliphatic carbocycles. The van der Waals surface area contributed by atoms with Crippen molar-refractivity contribution < 1.29 is 19.6 Å². The Morgan fingerprint density at radius 1 is 1.06 bits per heavy atom. The van der Waals surface area contributed by atoms with Gasteiger partial charge in [-0.1, -0.05) is 24.3 Å². The topological polar surface area (TPSA) is 195 Å². The van der Waals surface area contributed by atoms with E-state index < -0.39 is 18.9 Å². The Labute approximate surface area is 187 Å². The summed E-state index contributed by atoms with van der Waals surface area (Å²) in [4.78, 5) is 40.7. The molecule has 0 saturated heterocycles. The fourth-order valence-electron chi connectivity index (χ4n) is 3.36. The standard InChI is InChI=1S/C20H19BN8O4/c1-10-14(29-7-3-6-13(15(22)30)19(29)25-10)17-26-18(16(23)31)28-20(27-17)24-9-11-4-2-5-12(8-11)21(32)33/h2-8,32-33H,9H2,1H3,(H2,22,30)(H2,23,31)(H,24,26,27,28). The second-order valence-corrected chi connectivity index (χ2v) is 7.17. The summed E-state index contributed by atoms with van der Waals surface area (Å²) >= 11 is 0. The van der Waals surface area contributed by atoms with E-state index in [0.29, 0.717) is 22.5 Å². The molecule has 1 aromatic carbocycles. The van der Waals surface area contributed by atoms with Gasteiger partial charge in [0.25, 0.3) is 11.8 Å². The Balaban J connectivity index is 1.76. The molecule has 0 unspecified atom stereocenters. The quantitative estimate of drug-likeness (QED) is 0.221. The van der Waals surface area contributed by atoms with Crippen LogP contribution in [-0.2, 0) is 6.54 Å². The van der Waals surface area contributed by atoms with Gasteiger partial charge < -0.3 is 26.8 Å². The molecule has 0 radical (unpaired) electrons. The summed E-state index contributed by atoms with van der Waals surface area (Å²) in [5.41, 5.74) is 13.4. The van der Waals surface area contributed by atoms with Gasteiger partial charge in [0.2, 0.25) is 11.8 Å². The molecule has 33 heavy (non-hydrogen) atoms. The summed E-state index contributed by atoms with van der Waals surface area (Å²) in [6.45, 7) is 1.93. The van der Waals surface area contributed by atoms with E-state index >= 15 is 0 Å². The first-order valence-electron chi connectivity index (χ1n) is 9.77. The Morgan fingerprint density at radius 2 is 1.85 bits per heavy atom. The lowest BCUT2D eigenvalue weighted by Gasteiger charge is -2.10. The van der Waals surface area contributed by atoms with Crippen LogP contribution in [0.3, 0.4) is 0 Å². The van der Waals surface area contributed by atoms with Crippen LogP contribution in [-0.4, -0.2) is 53.3 Å². The van der Waals surface area contributed by atoms with Crippen LogP contribution in [0.4, 0.5) is 5.95 Å². The molecule has 2 amide bonds. The fraction of sp³-hybridized carbons (Fsp3) is 0.100. The van der Waals surface area contributed by atoms with Crippen molar-refractivity contribution in [1.29, 1.82) is 0 Å². The number of pyridine rings is 1. The zero-order valence-electron chi connectivity index (χ0n) is 17.4. The van der Waals surface area contributed by atoms with Gasteiger partial charge in [-0.05, 0) is 30.1 Å². The number of carbonyl (C=O) groups excluding carboxylic acids is 2. The van der Waals surface area contributed by atoms with E-state index in [1.54, 1.807) is 53.9 Å². The van der Waals surface area contributed by atoms with E-state index in [1.807, 2.05) is 0 Å². The van der Waals surface area contributed by atoms with Crippen LogP contribution in [0.5, 0.6) is 0 Å². The molecule has 0 bridgehead atoms. The molecule has 0 atom stereocenters. The van der Waals surface area contributed by atoms with Crippen LogP contribution < -0.4 is 22.2 Å². The number of carbonyl (C=O) groups is 2. The predicted molar refractivity (Wildman–Crippen MR) is 119 cm³/mol. The lowest BCUT2D eigenvalue weighted by atomic mass is 9.80. The molecular formula is C20H19BN8O4. The van der Waals surface area contributed by atoms with Crippen LogP contribution in [0, 0.1) is 6.92 Å². The Hall–Kier alpha value is -4.36. The van der Waals surface area contributed by atoms with E-state index in [0.717, 1.165) is 5.56 Å². The minimum Gasteiger partial charge on any atom is -0.423 e. The molecular weight excluding hydrogens is 427 g/mol. The zero-order valence-corrected chi connectivity index (χ0v) is 17.4. The minimum atomic E-state index is -1.60. The number of hydrogen-bond acceptors (Lipinski definition) is 9. The number of rotatable bonds is 7. The zero-order chi connectivity index (χ0) is 23.7. The van der Waals surface area contributed by atoms with Gasteiger partial charge in [-0.25, -0.2) is 9.97 Å². The molecule has 0 spiro atoms. The highest BCUT2D eigenvalue weighted by Gasteiger charge is 2.20. The monoisotopic (exact) mass is 446 g/mol. The average molecular weight is 446 g/mol. The van der Waals surface area contributed by atoms with Crippen molar-refractivity contribution in [1.82, 2.24) is 24.3 Å². The fourth-order valence-corrected chi connectivity index (χ4v) is 3.36. The van der Waals surface area contributed by atoms with E-state index in [2.05, 4.69) is 25.3 Å². The van der Waals surface area contributed by atoms with Gasteiger partial charge in [-0.15, -0.1) is 0 Å². The van der Waals surface area contributed by atoms with Crippen molar-refractivity contribution in [2.45, 2.75) is 13.5 Å². The molecule has 12 nitrogen and oxygen atoms in total. The van der Waals surface area contributed by atoms with E-state index in [9.17, 15) is 19.6 Å². The third-order valence-electron chi connectivity index (χ3n) is 4.86. The Morgan fingerprint density at radius 3 is 2.55 bits per heavy atom. The second kappa shape index (κ2) is 8.65. The smallest absolute Gasteiger partial charge is 0.423 e. The minimum absolute atomic E-state index is 0.0733. The maximum atomic E-state index is 11.9. The summed E-state index contributed by atoms with van der Waals surface area (Å²) in [7, 11) is -1.60. The molecule has 3 aromatic heterocycles. The van der Waals surface area contributed by atoms with Gasteiger partial charge in [0.05, 0.1) is 11.3 Å². The Bertz CT molecular complexity index is 1390. The second-order valence-electron chi connectivity index (χ2n) is 7.17. The van der Waals surface area contributed by atoms with E-state index in [4.69, 9.17) is 11.5 Å². The lowest BCUT2D eigenvalue weighted by Crippen LogP contribution is -2.30. The first kappa shape index (κ1) is 21.9. The van der Waals surface area contributed by atoms with Crippen molar-refractivity contribution in [3.8, 4) is 11.5 Å². The van der Waals surface area contributed by atoms with Crippen LogP contribution in [0.1, 0.15) is 32.2 Å². The lowest BCUT2D eigenvalue weighted by molar-refractivity contribution is 0.0986. The summed E-state index contributed by atoms with van der Waals surface area (Å²) < 4.78 is 1.60. The van der Waals surface area contributed by atoms with Crippen LogP contribution in [0.15, 0.2) is 42.6 Å². The number of imidazole rings is 1. The predicted octanol–water partition coefficient (Wildman–Crippen LogP) is -1.02. The number of hydrogen-bond donors (Lipinski definition) is 5. The molecule has 0 aliphatic rings. The largest absolute Gasteiger partial charge is 0.488 e. The van der Waals surface area contributed by atoms with Gasteiger partial charge >= 0.3 is 7.12 Å². The van der Waals surface area contributed by atoms with Gasteiger partial charge in [0.15, 0.2) is 5.82 Å². The highest BCUT2D eigenvalue weighted by atomic mass is 16.4. The van der Waals surface area contributed by atoms with Crippen molar-refractivity contribution in [2.75, 3.05) is 5.32 Å².